The van der Waals surface area contributed by atoms with E-state index >= 15 is 0 Å². The Kier molecular flexibility index (Phi) is 7.69. The first-order chi connectivity index (χ1) is 20.8. The molecule has 0 spiro atoms. The molecule has 0 bridgehead atoms. The van der Waals surface area contributed by atoms with E-state index in [1.807, 2.05) is 18.2 Å². The quantitative estimate of drug-likeness (QED) is 0.315. The van der Waals surface area contributed by atoms with Crippen LogP contribution in [-0.4, -0.2) is 56.0 Å². The lowest BCUT2D eigenvalue weighted by Gasteiger charge is -2.38. The van der Waals surface area contributed by atoms with Gasteiger partial charge in [-0.1, -0.05) is 53.2 Å². The highest BCUT2D eigenvalue weighted by atomic mass is 35.5. The Morgan fingerprint density at radius 2 is 1.72 bits per heavy atom. The van der Waals surface area contributed by atoms with Crippen LogP contribution in [0.25, 0.3) is 11.1 Å². The van der Waals surface area contributed by atoms with Gasteiger partial charge in [0.05, 0.1) is 16.3 Å². The fraction of sp³-hybridized carbons (Fsp3) is 0.188. The van der Waals surface area contributed by atoms with Gasteiger partial charge in [0.15, 0.2) is 11.6 Å². The number of benzene rings is 3. The Bertz CT molecular complexity index is 1760. The molecule has 1 N–H and O–H groups in total. The maximum atomic E-state index is 14.7. The van der Waals surface area contributed by atoms with Crippen LogP contribution in [0, 0.1) is 5.82 Å². The number of carboxylic acid groups (broad SMARTS) is 1. The summed E-state index contributed by atoms with van der Waals surface area (Å²) in [4.78, 5) is 54.5. The summed E-state index contributed by atoms with van der Waals surface area (Å²) in [6.45, 7) is 0.228. The predicted molar refractivity (Wildman–Crippen MR) is 155 cm³/mol. The number of rotatable bonds is 7. The van der Waals surface area contributed by atoms with Gasteiger partial charge >= 0.3 is 5.97 Å². The van der Waals surface area contributed by atoms with Gasteiger partial charge in [-0.05, 0) is 52.9 Å². The summed E-state index contributed by atoms with van der Waals surface area (Å²) in [7, 11) is 0. The zero-order valence-electron chi connectivity index (χ0n) is 22.6. The van der Waals surface area contributed by atoms with Crippen molar-refractivity contribution >= 4 is 35.0 Å². The number of nitrogens with zero attached hydrogens (tertiary/aromatic N) is 4. The molecule has 2 aliphatic heterocycles. The minimum Gasteiger partial charge on any atom is -0.478 e. The van der Waals surface area contributed by atoms with E-state index in [2.05, 4.69) is 15.1 Å². The zero-order valence-corrected chi connectivity index (χ0v) is 23.4. The largest absolute Gasteiger partial charge is 0.478 e. The molecule has 0 aliphatic carbocycles. The Balaban J connectivity index is 1.32. The normalized spacial score (nSPS) is 17.5. The van der Waals surface area contributed by atoms with Crippen LogP contribution in [-0.2, 0) is 27.3 Å². The van der Waals surface area contributed by atoms with Crippen molar-refractivity contribution in [2.45, 2.75) is 31.4 Å². The number of Topliss-reactive ketones (excluding diaryl/α,β-unsaturated/α-hetero) is 1. The van der Waals surface area contributed by atoms with Gasteiger partial charge in [0.2, 0.25) is 6.10 Å². The number of fused-ring (bicyclic) bond motifs is 1. The number of hydrogen-bond acceptors (Lipinski definition) is 7. The Labute approximate surface area is 250 Å². The Morgan fingerprint density at radius 3 is 2.47 bits per heavy atom. The first-order valence-corrected chi connectivity index (χ1v) is 13.9. The van der Waals surface area contributed by atoms with Crippen molar-refractivity contribution in [2.24, 2.45) is 5.16 Å². The molecule has 0 radical (unpaired) electrons. The van der Waals surface area contributed by atoms with Crippen LogP contribution in [0.3, 0.4) is 0 Å². The highest BCUT2D eigenvalue weighted by molar-refractivity contribution is 6.31. The summed E-state index contributed by atoms with van der Waals surface area (Å²) in [6, 6.07) is 15.2. The summed E-state index contributed by atoms with van der Waals surface area (Å²) >= 11 is 5.94. The van der Waals surface area contributed by atoms with Gasteiger partial charge in [-0.2, -0.15) is 0 Å². The summed E-state index contributed by atoms with van der Waals surface area (Å²) in [5.41, 5.74) is 4.36. The van der Waals surface area contributed by atoms with Crippen LogP contribution in [0.5, 0.6) is 0 Å². The molecule has 3 aromatic carbocycles. The monoisotopic (exact) mass is 598 g/mol. The highest BCUT2D eigenvalue weighted by Gasteiger charge is 2.42. The number of hydrogen-bond donors (Lipinski definition) is 1. The highest BCUT2D eigenvalue weighted by Crippen LogP contribution is 2.38. The maximum Gasteiger partial charge on any atom is 0.335 e. The van der Waals surface area contributed by atoms with E-state index in [9.17, 15) is 23.9 Å². The van der Waals surface area contributed by atoms with Gasteiger partial charge < -0.3 is 14.8 Å². The third-order valence-electron chi connectivity index (χ3n) is 7.67. The van der Waals surface area contributed by atoms with E-state index in [0.29, 0.717) is 17.5 Å². The fourth-order valence-electron chi connectivity index (χ4n) is 5.61. The number of amides is 1. The van der Waals surface area contributed by atoms with Gasteiger partial charge in [-0.3, -0.25) is 9.59 Å². The summed E-state index contributed by atoms with van der Waals surface area (Å²) < 4.78 is 14.7. The van der Waals surface area contributed by atoms with Crippen LogP contribution >= 0.6 is 11.6 Å². The van der Waals surface area contributed by atoms with Crippen LogP contribution in [0.2, 0.25) is 5.02 Å². The predicted octanol–water partition coefficient (Wildman–Crippen LogP) is 5.07. The number of carbonyl (C=O) groups is 3. The van der Waals surface area contributed by atoms with Crippen LogP contribution in [0.4, 0.5) is 4.39 Å². The lowest BCUT2D eigenvalue weighted by atomic mass is 9.84. The first kappa shape index (κ1) is 28.2. The van der Waals surface area contributed by atoms with Crippen molar-refractivity contribution in [2.75, 3.05) is 6.54 Å². The van der Waals surface area contributed by atoms with Gasteiger partial charge in [0, 0.05) is 42.9 Å². The van der Waals surface area contributed by atoms with Crippen molar-refractivity contribution in [3.8, 4) is 11.1 Å². The second-order valence-corrected chi connectivity index (χ2v) is 10.7. The van der Waals surface area contributed by atoms with Gasteiger partial charge in [0.1, 0.15) is 12.4 Å². The van der Waals surface area contributed by atoms with Crippen molar-refractivity contribution in [1.82, 2.24) is 14.9 Å². The number of halogens is 2. The van der Waals surface area contributed by atoms with Gasteiger partial charge in [-0.15, -0.1) is 0 Å². The van der Waals surface area contributed by atoms with Gasteiger partial charge in [-0.25, -0.2) is 19.2 Å². The smallest absolute Gasteiger partial charge is 0.335 e. The first-order valence-electron chi connectivity index (χ1n) is 13.5. The third-order valence-corrected chi connectivity index (χ3v) is 7.96. The van der Waals surface area contributed by atoms with E-state index in [-0.39, 0.29) is 47.0 Å². The van der Waals surface area contributed by atoms with Crippen LogP contribution in [0.15, 0.2) is 84.5 Å². The molecule has 2 aliphatic rings. The molecule has 0 saturated heterocycles. The molecule has 1 aromatic heterocycles. The topological polar surface area (TPSA) is 122 Å². The Morgan fingerprint density at radius 1 is 1.00 bits per heavy atom. The van der Waals surface area contributed by atoms with Crippen LogP contribution in [0.1, 0.15) is 45.1 Å². The van der Waals surface area contributed by atoms with Crippen molar-refractivity contribution in [3.05, 3.63) is 118 Å². The van der Waals surface area contributed by atoms with Gasteiger partial charge in [0.25, 0.3) is 5.91 Å². The molecule has 6 rings (SSSR count). The minimum absolute atomic E-state index is 0.0123. The van der Waals surface area contributed by atoms with E-state index in [4.69, 9.17) is 16.4 Å². The number of aromatic carboxylic acids is 1. The average Bonchev–Trinajstić information content (AvgIpc) is 3.52. The molecule has 3 heterocycles. The summed E-state index contributed by atoms with van der Waals surface area (Å²) in [6.07, 6.45) is 4.22. The number of ketones is 1. The van der Waals surface area contributed by atoms with Crippen molar-refractivity contribution in [1.29, 1.82) is 0 Å². The number of oxime groups is 1. The summed E-state index contributed by atoms with van der Waals surface area (Å²) in [5.74, 6) is -2.41. The maximum absolute atomic E-state index is 14.7. The number of carbonyl (C=O) groups excluding carboxylic acids is 2. The van der Waals surface area contributed by atoms with Crippen molar-refractivity contribution < 1.29 is 28.7 Å². The minimum atomic E-state index is -1.07. The molecule has 11 heteroatoms. The molecule has 0 fully saturated rings. The third kappa shape index (κ3) is 5.49. The fourth-order valence-corrected chi connectivity index (χ4v) is 5.78. The van der Waals surface area contributed by atoms with Crippen molar-refractivity contribution in [3.63, 3.8) is 0 Å². The van der Waals surface area contributed by atoms with E-state index in [1.54, 1.807) is 30.6 Å². The molecule has 4 aromatic rings. The lowest BCUT2D eigenvalue weighted by Crippen LogP contribution is -2.48. The van der Waals surface area contributed by atoms with E-state index < -0.39 is 29.8 Å². The number of carboxylic acids is 1. The molecular weight excluding hydrogens is 575 g/mol. The molecule has 2 atom stereocenters. The lowest BCUT2D eigenvalue weighted by molar-refractivity contribution is -0.149. The molecular formula is C32H24ClFN4O5. The molecule has 0 unspecified atom stereocenters. The molecule has 1 amide bonds. The summed E-state index contributed by atoms with van der Waals surface area (Å²) in [5, 5.41) is 13.2. The standard InChI is InChI=1S/C32H24ClFN4O5/c33-25-6-2-5-24(29(25)34)26-14-28(43-37-26)31(40)38-12-11-22-21(20-15-35-17-36-16-20)3-1-4-23(22)30(38)27(39)13-18-7-9-19(10-8-18)32(41)42/h1-10,15-17,28,30H,11-14H2,(H,41,42)/t28-,30+/m1/s1. The molecule has 9 nitrogen and oxygen atoms in total. The average molecular weight is 599 g/mol. The molecule has 43 heavy (non-hydrogen) atoms. The van der Waals surface area contributed by atoms with Crippen LogP contribution < -0.4 is 0 Å². The zero-order chi connectivity index (χ0) is 30.1. The second-order valence-electron chi connectivity index (χ2n) is 10.3. The molecule has 216 valence electrons. The van der Waals surface area contributed by atoms with E-state index in [1.165, 1.54) is 35.5 Å². The number of aromatic nitrogens is 2. The van der Waals surface area contributed by atoms with E-state index in [0.717, 1.165) is 16.7 Å². The SMILES string of the molecule is O=C(O)c1ccc(CC(=O)[C@@H]2c3cccc(-c4cncnc4)c3CCN2C(=O)[C@H]2CC(c3cccc(Cl)c3F)=NO2)cc1. The second kappa shape index (κ2) is 11.7. The Hall–Kier alpha value is -4.96. The molecule has 0 saturated carbocycles.